The summed E-state index contributed by atoms with van der Waals surface area (Å²) in [4.78, 5) is 0. The number of aliphatic hydroxyl groups is 1. The maximum Gasteiger partial charge on any atom is 0.0945 e. The average molecular weight is 300 g/mol. The smallest absolute Gasteiger partial charge is 0.0945 e. The Hall–Kier alpha value is -0.770. The zero-order valence-corrected chi connectivity index (χ0v) is 13.6. The Morgan fingerprint density at radius 1 is 1.30 bits per heavy atom. The number of ether oxygens (including phenoxy) is 1. The molecular weight excluding hydrogens is 274 g/mol. The summed E-state index contributed by atoms with van der Waals surface area (Å²) >= 11 is 6.05. The van der Waals surface area contributed by atoms with Crippen LogP contribution in [0.3, 0.4) is 0 Å². The lowest BCUT2D eigenvalue weighted by Crippen LogP contribution is -2.27. The van der Waals surface area contributed by atoms with Crippen LogP contribution in [0.25, 0.3) is 0 Å². The van der Waals surface area contributed by atoms with Crippen molar-refractivity contribution in [2.45, 2.75) is 46.3 Å². The fraction of sp³-hybridized carbons (Fsp3) is 0.625. The Balaban J connectivity index is 2.33. The quantitative estimate of drug-likeness (QED) is 0.765. The standard InChI is InChI=1S/C16H26ClNO2/c1-11(2)8-12(3)20-10-14(19)9-18-16-7-5-6-15(17)13(16)4/h5-7,11-12,14,18-19H,8-10H2,1-4H3. The molecule has 114 valence electrons. The third-order valence-corrected chi connectivity index (χ3v) is 3.58. The number of halogens is 1. The normalized spacial score (nSPS) is 14.3. The fourth-order valence-corrected chi connectivity index (χ4v) is 2.27. The first-order valence-electron chi connectivity index (χ1n) is 7.18. The van der Waals surface area contributed by atoms with Crippen molar-refractivity contribution in [3.8, 4) is 0 Å². The van der Waals surface area contributed by atoms with E-state index in [0.29, 0.717) is 19.1 Å². The Morgan fingerprint density at radius 3 is 2.65 bits per heavy atom. The molecule has 1 aromatic carbocycles. The highest BCUT2D eigenvalue weighted by atomic mass is 35.5. The fourth-order valence-electron chi connectivity index (χ4n) is 2.09. The molecule has 0 amide bonds. The lowest BCUT2D eigenvalue weighted by Gasteiger charge is -2.19. The number of nitrogens with one attached hydrogen (secondary N) is 1. The maximum atomic E-state index is 9.93. The molecule has 0 radical (unpaired) electrons. The van der Waals surface area contributed by atoms with Gasteiger partial charge in [0, 0.05) is 17.3 Å². The van der Waals surface area contributed by atoms with E-state index in [1.54, 1.807) is 0 Å². The lowest BCUT2D eigenvalue weighted by molar-refractivity contribution is -0.00444. The van der Waals surface area contributed by atoms with Crippen LogP contribution in [0.5, 0.6) is 0 Å². The van der Waals surface area contributed by atoms with Crippen LogP contribution in [-0.2, 0) is 4.74 Å². The van der Waals surface area contributed by atoms with Crippen molar-refractivity contribution in [2.24, 2.45) is 5.92 Å². The highest BCUT2D eigenvalue weighted by Gasteiger charge is 2.10. The largest absolute Gasteiger partial charge is 0.389 e. The molecule has 1 rings (SSSR count). The van der Waals surface area contributed by atoms with Crippen molar-refractivity contribution in [2.75, 3.05) is 18.5 Å². The summed E-state index contributed by atoms with van der Waals surface area (Å²) in [5.41, 5.74) is 1.95. The molecule has 1 aromatic rings. The minimum absolute atomic E-state index is 0.178. The average Bonchev–Trinajstić information content (AvgIpc) is 2.37. The van der Waals surface area contributed by atoms with Crippen LogP contribution in [-0.4, -0.2) is 30.5 Å². The van der Waals surface area contributed by atoms with Crippen LogP contribution in [0.2, 0.25) is 5.02 Å². The number of aliphatic hydroxyl groups excluding tert-OH is 1. The Labute approximate surface area is 127 Å². The van der Waals surface area contributed by atoms with E-state index in [1.807, 2.05) is 32.0 Å². The predicted octanol–water partition coefficient (Wildman–Crippen LogP) is 3.87. The van der Waals surface area contributed by atoms with Gasteiger partial charge in [0.2, 0.25) is 0 Å². The molecule has 0 fully saturated rings. The number of anilines is 1. The van der Waals surface area contributed by atoms with Gasteiger partial charge in [0.15, 0.2) is 0 Å². The second-order valence-electron chi connectivity index (χ2n) is 5.72. The lowest BCUT2D eigenvalue weighted by atomic mass is 10.1. The second-order valence-corrected chi connectivity index (χ2v) is 6.13. The minimum Gasteiger partial charge on any atom is -0.389 e. The van der Waals surface area contributed by atoms with Gasteiger partial charge < -0.3 is 15.2 Å². The molecule has 3 nitrogen and oxygen atoms in total. The third-order valence-electron chi connectivity index (χ3n) is 3.17. The summed E-state index contributed by atoms with van der Waals surface area (Å²) in [5, 5.41) is 13.9. The van der Waals surface area contributed by atoms with Crippen molar-refractivity contribution >= 4 is 17.3 Å². The minimum atomic E-state index is -0.525. The van der Waals surface area contributed by atoms with E-state index in [9.17, 15) is 5.11 Å². The van der Waals surface area contributed by atoms with Gasteiger partial charge in [-0.1, -0.05) is 31.5 Å². The van der Waals surface area contributed by atoms with E-state index in [1.165, 1.54) is 0 Å². The molecular formula is C16H26ClNO2. The summed E-state index contributed by atoms with van der Waals surface area (Å²) in [7, 11) is 0. The van der Waals surface area contributed by atoms with Crippen molar-refractivity contribution in [1.29, 1.82) is 0 Å². The molecule has 0 aliphatic heterocycles. The molecule has 20 heavy (non-hydrogen) atoms. The number of benzene rings is 1. The second kappa shape index (κ2) is 8.50. The number of hydrogen-bond donors (Lipinski definition) is 2. The van der Waals surface area contributed by atoms with Gasteiger partial charge in [-0.3, -0.25) is 0 Å². The van der Waals surface area contributed by atoms with E-state index < -0.39 is 6.10 Å². The zero-order valence-electron chi connectivity index (χ0n) is 12.8. The highest BCUT2D eigenvalue weighted by Crippen LogP contribution is 2.22. The summed E-state index contributed by atoms with van der Waals surface area (Å²) in [6.45, 7) is 9.13. The molecule has 4 heteroatoms. The molecule has 0 heterocycles. The SMILES string of the molecule is Cc1c(Cl)cccc1NCC(O)COC(C)CC(C)C. The van der Waals surface area contributed by atoms with Crippen LogP contribution in [0.4, 0.5) is 5.69 Å². The summed E-state index contributed by atoms with van der Waals surface area (Å²) in [6.07, 6.45) is 0.661. The van der Waals surface area contributed by atoms with Crippen LogP contribution >= 0.6 is 11.6 Å². The van der Waals surface area contributed by atoms with E-state index in [0.717, 1.165) is 22.7 Å². The molecule has 0 aromatic heterocycles. The van der Waals surface area contributed by atoms with Crippen molar-refractivity contribution in [3.05, 3.63) is 28.8 Å². The van der Waals surface area contributed by atoms with Crippen molar-refractivity contribution in [1.82, 2.24) is 0 Å². The first-order valence-corrected chi connectivity index (χ1v) is 7.56. The van der Waals surface area contributed by atoms with Gasteiger partial charge >= 0.3 is 0 Å². The van der Waals surface area contributed by atoms with Gasteiger partial charge in [-0.05, 0) is 43.9 Å². The number of hydrogen-bond acceptors (Lipinski definition) is 3. The van der Waals surface area contributed by atoms with E-state index >= 15 is 0 Å². The molecule has 0 saturated carbocycles. The Morgan fingerprint density at radius 2 is 2.00 bits per heavy atom. The van der Waals surface area contributed by atoms with Gasteiger partial charge in [-0.25, -0.2) is 0 Å². The van der Waals surface area contributed by atoms with Gasteiger partial charge in [-0.15, -0.1) is 0 Å². The topological polar surface area (TPSA) is 41.5 Å². The first kappa shape index (κ1) is 17.3. The molecule has 0 aliphatic rings. The molecule has 0 saturated heterocycles. The van der Waals surface area contributed by atoms with Crippen LogP contribution in [0, 0.1) is 12.8 Å². The monoisotopic (exact) mass is 299 g/mol. The molecule has 0 spiro atoms. The Bertz CT molecular complexity index is 409. The summed E-state index contributed by atoms with van der Waals surface area (Å²) in [5.74, 6) is 0.606. The summed E-state index contributed by atoms with van der Waals surface area (Å²) < 4.78 is 5.64. The highest BCUT2D eigenvalue weighted by molar-refractivity contribution is 6.31. The van der Waals surface area contributed by atoms with E-state index in [2.05, 4.69) is 19.2 Å². The zero-order chi connectivity index (χ0) is 15.1. The predicted molar refractivity (Wildman–Crippen MR) is 85.6 cm³/mol. The maximum absolute atomic E-state index is 9.93. The van der Waals surface area contributed by atoms with Crippen molar-refractivity contribution in [3.63, 3.8) is 0 Å². The van der Waals surface area contributed by atoms with Crippen molar-refractivity contribution < 1.29 is 9.84 Å². The van der Waals surface area contributed by atoms with Gasteiger partial charge in [0.25, 0.3) is 0 Å². The first-order chi connectivity index (χ1) is 9.40. The van der Waals surface area contributed by atoms with Gasteiger partial charge in [0.05, 0.1) is 18.8 Å². The molecule has 2 atom stereocenters. The van der Waals surface area contributed by atoms with Gasteiger partial charge in [-0.2, -0.15) is 0 Å². The van der Waals surface area contributed by atoms with Crippen LogP contribution in [0.1, 0.15) is 32.8 Å². The third kappa shape index (κ3) is 6.12. The Kier molecular flexibility index (Phi) is 7.35. The molecule has 0 aliphatic carbocycles. The van der Waals surface area contributed by atoms with E-state index in [4.69, 9.17) is 16.3 Å². The van der Waals surface area contributed by atoms with Crippen LogP contribution < -0.4 is 5.32 Å². The van der Waals surface area contributed by atoms with E-state index in [-0.39, 0.29) is 6.10 Å². The van der Waals surface area contributed by atoms with Crippen LogP contribution in [0.15, 0.2) is 18.2 Å². The summed E-state index contributed by atoms with van der Waals surface area (Å²) in [6, 6.07) is 5.71. The molecule has 0 bridgehead atoms. The van der Waals surface area contributed by atoms with Gasteiger partial charge in [0.1, 0.15) is 0 Å². The number of rotatable bonds is 8. The molecule has 2 N–H and O–H groups in total. The molecule has 2 unspecified atom stereocenters.